The molecule has 0 aliphatic heterocycles. The summed E-state index contributed by atoms with van der Waals surface area (Å²) in [4.78, 5) is 22.6. The lowest BCUT2D eigenvalue weighted by Crippen LogP contribution is -2.68. The molecule has 0 heterocycles. The Balaban J connectivity index is 5.82. The normalized spacial score (nSPS) is 12.0. The zero-order valence-corrected chi connectivity index (χ0v) is 13.1. The standard InChI is InChI=1S/C11H15F3N3O3PS/c1-3-5-15-11(21-22,16-6-4-2)17(7-8(18)19)9(20)10(12,13)14/h3-4,15-16H,1-2,5-7H2,(H,18,19). The second-order valence-corrected chi connectivity index (χ2v) is 5.26. The molecule has 0 aliphatic carbocycles. The maximum Gasteiger partial charge on any atom is 0.471 e. The van der Waals surface area contributed by atoms with Crippen molar-refractivity contribution in [1.82, 2.24) is 15.5 Å². The van der Waals surface area contributed by atoms with Crippen molar-refractivity contribution in [1.29, 1.82) is 0 Å². The summed E-state index contributed by atoms with van der Waals surface area (Å²) in [6.07, 6.45) is -2.57. The summed E-state index contributed by atoms with van der Waals surface area (Å²) >= 11 is 4.81. The van der Waals surface area contributed by atoms with Gasteiger partial charge in [0.25, 0.3) is 0 Å². The van der Waals surface area contributed by atoms with Gasteiger partial charge in [-0.05, 0) is 0 Å². The van der Waals surface area contributed by atoms with Gasteiger partial charge in [0.2, 0.25) is 5.53 Å². The largest absolute Gasteiger partial charge is 0.480 e. The van der Waals surface area contributed by atoms with Crippen molar-refractivity contribution in [3.05, 3.63) is 25.3 Å². The van der Waals surface area contributed by atoms with Gasteiger partial charge in [0, 0.05) is 20.4 Å². The van der Waals surface area contributed by atoms with E-state index < -0.39 is 30.1 Å². The number of nitrogens with one attached hydrogen (secondary N) is 2. The Morgan fingerprint density at radius 3 is 1.95 bits per heavy atom. The van der Waals surface area contributed by atoms with E-state index in [0.717, 1.165) is 0 Å². The fraction of sp³-hybridized carbons (Fsp3) is 0.455. The average molecular weight is 357 g/mol. The summed E-state index contributed by atoms with van der Waals surface area (Å²) in [6.45, 7) is 5.61. The highest BCUT2D eigenvalue weighted by atomic mass is 32.4. The van der Waals surface area contributed by atoms with Crippen LogP contribution in [0.3, 0.4) is 0 Å². The predicted molar refractivity (Wildman–Crippen MR) is 78.8 cm³/mol. The number of rotatable bonds is 10. The summed E-state index contributed by atoms with van der Waals surface area (Å²) in [5.41, 5.74) is -1.90. The van der Waals surface area contributed by atoms with Crippen molar-refractivity contribution in [3.8, 4) is 0 Å². The summed E-state index contributed by atoms with van der Waals surface area (Å²) < 4.78 is 38.2. The van der Waals surface area contributed by atoms with Crippen LogP contribution in [0.15, 0.2) is 25.3 Å². The van der Waals surface area contributed by atoms with E-state index in [1.165, 1.54) is 12.2 Å². The third-order valence-electron chi connectivity index (χ3n) is 2.29. The van der Waals surface area contributed by atoms with E-state index in [9.17, 15) is 22.8 Å². The minimum atomic E-state index is -5.24. The summed E-state index contributed by atoms with van der Waals surface area (Å²) in [5.74, 6) is -3.93. The highest BCUT2D eigenvalue weighted by Crippen LogP contribution is 2.28. The number of halogens is 3. The van der Waals surface area contributed by atoms with Crippen LogP contribution in [0.2, 0.25) is 0 Å². The Morgan fingerprint density at radius 2 is 1.68 bits per heavy atom. The lowest BCUT2D eigenvalue weighted by molar-refractivity contribution is -0.192. The number of amides is 1. The van der Waals surface area contributed by atoms with Crippen molar-refractivity contribution in [2.24, 2.45) is 0 Å². The molecule has 0 aromatic rings. The number of carbonyl (C=O) groups is 2. The van der Waals surface area contributed by atoms with E-state index in [-0.39, 0.29) is 25.3 Å². The van der Waals surface area contributed by atoms with E-state index in [1.807, 2.05) is 0 Å². The zero-order valence-electron chi connectivity index (χ0n) is 11.4. The smallest absolute Gasteiger partial charge is 0.471 e. The fourth-order valence-corrected chi connectivity index (χ4v) is 2.67. The van der Waals surface area contributed by atoms with E-state index in [2.05, 4.69) is 23.8 Å². The van der Waals surface area contributed by atoms with E-state index >= 15 is 0 Å². The second kappa shape index (κ2) is 8.94. The number of carboxylic acid groups (broad SMARTS) is 1. The number of nitrogens with zero attached hydrogens (tertiary/aromatic N) is 1. The van der Waals surface area contributed by atoms with Crippen molar-refractivity contribution >= 4 is 31.0 Å². The summed E-state index contributed by atoms with van der Waals surface area (Å²) in [7, 11) is -0.151. The van der Waals surface area contributed by atoms with Crippen LogP contribution in [-0.4, -0.2) is 53.2 Å². The maximum atomic E-state index is 12.7. The number of carbonyl (C=O) groups excluding carboxylic acids is 1. The van der Waals surface area contributed by atoms with Crippen LogP contribution < -0.4 is 10.6 Å². The molecule has 0 aromatic carbocycles. The van der Waals surface area contributed by atoms with Crippen LogP contribution in [0.4, 0.5) is 13.2 Å². The molecular weight excluding hydrogens is 342 g/mol. The van der Waals surface area contributed by atoms with Gasteiger partial charge in [0.05, 0.1) is 0 Å². The highest BCUT2D eigenvalue weighted by Gasteiger charge is 2.50. The van der Waals surface area contributed by atoms with Crippen LogP contribution >= 0.6 is 7.36 Å². The monoisotopic (exact) mass is 357 g/mol. The SMILES string of the molecule is C=CCNC(NCC=C)(P=S)N(CC(=O)O)C(=O)C(F)(F)F. The number of carboxylic acids is 1. The number of hydrogen-bond acceptors (Lipinski definition) is 5. The zero-order chi connectivity index (χ0) is 17.4. The van der Waals surface area contributed by atoms with Crippen LogP contribution in [0.5, 0.6) is 0 Å². The molecule has 3 N–H and O–H groups in total. The van der Waals surface area contributed by atoms with Crippen molar-refractivity contribution in [3.63, 3.8) is 0 Å². The van der Waals surface area contributed by atoms with Crippen LogP contribution in [0.25, 0.3) is 0 Å². The molecule has 0 rings (SSSR count). The van der Waals surface area contributed by atoms with Crippen LogP contribution in [0.1, 0.15) is 0 Å². The van der Waals surface area contributed by atoms with E-state index in [4.69, 9.17) is 16.9 Å². The van der Waals surface area contributed by atoms with Gasteiger partial charge in [-0.15, -0.1) is 13.2 Å². The van der Waals surface area contributed by atoms with E-state index in [0.29, 0.717) is 0 Å². The molecule has 22 heavy (non-hydrogen) atoms. The Kier molecular flexibility index (Phi) is 8.39. The molecule has 1 amide bonds. The molecule has 0 unspecified atom stereocenters. The molecule has 0 spiro atoms. The topological polar surface area (TPSA) is 81.7 Å². The molecule has 0 fully saturated rings. The molecule has 0 aromatic heterocycles. The molecule has 6 nitrogen and oxygen atoms in total. The number of alkyl halides is 3. The lowest BCUT2D eigenvalue weighted by atomic mass is 10.4. The van der Waals surface area contributed by atoms with Crippen molar-refractivity contribution in [2.75, 3.05) is 19.6 Å². The quantitative estimate of drug-likeness (QED) is 0.308. The highest BCUT2D eigenvalue weighted by molar-refractivity contribution is 7.97. The molecule has 0 radical (unpaired) electrons. The Hall–Kier alpha value is -1.35. The Bertz CT molecular complexity index is 448. The first kappa shape index (κ1) is 20.6. The van der Waals surface area contributed by atoms with Crippen LogP contribution in [-0.2, 0) is 21.4 Å². The second-order valence-electron chi connectivity index (χ2n) is 3.89. The molecule has 0 atom stereocenters. The van der Waals surface area contributed by atoms with Gasteiger partial charge in [-0.3, -0.25) is 25.1 Å². The number of aliphatic carboxylic acids is 1. The minimum absolute atomic E-state index is 0.00492. The summed E-state index contributed by atoms with van der Waals surface area (Å²) in [5, 5.41) is 14.0. The molecule has 124 valence electrons. The number of hydrogen-bond donors (Lipinski definition) is 3. The molecule has 0 saturated carbocycles. The third kappa shape index (κ3) is 5.80. The van der Waals surface area contributed by atoms with Gasteiger partial charge in [-0.25, -0.2) is 0 Å². The van der Waals surface area contributed by atoms with Gasteiger partial charge < -0.3 is 5.11 Å². The maximum absolute atomic E-state index is 12.7. The first-order valence-electron chi connectivity index (χ1n) is 5.81. The Labute approximate surface area is 131 Å². The molecule has 0 saturated heterocycles. The fourth-order valence-electron chi connectivity index (χ4n) is 1.42. The molecule has 0 aliphatic rings. The Morgan fingerprint density at radius 1 is 1.23 bits per heavy atom. The van der Waals surface area contributed by atoms with Crippen LogP contribution in [0, 0.1) is 0 Å². The van der Waals surface area contributed by atoms with Crippen molar-refractivity contribution < 1.29 is 27.9 Å². The average Bonchev–Trinajstić information content (AvgIpc) is 2.44. The van der Waals surface area contributed by atoms with Gasteiger partial charge >= 0.3 is 18.1 Å². The minimum Gasteiger partial charge on any atom is -0.480 e. The van der Waals surface area contributed by atoms with Gasteiger partial charge in [0.1, 0.15) is 6.54 Å². The molecule has 0 bridgehead atoms. The third-order valence-corrected chi connectivity index (χ3v) is 3.90. The van der Waals surface area contributed by atoms with Crippen molar-refractivity contribution in [2.45, 2.75) is 11.7 Å². The van der Waals surface area contributed by atoms with Gasteiger partial charge in [0.15, 0.2) is 0 Å². The lowest BCUT2D eigenvalue weighted by Gasteiger charge is -2.40. The first-order valence-corrected chi connectivity index (χ1v) is 7.72. The molecular formula is C11H15F3N3O3PS. The van der Waals surface area contributed by atoms with Gasteiger partial charge in [-0.2, -0.15) is 13.2 Å². The predicted octanol–water partition coefficient (Wildman–Crippen LogP) is 1.03. The van der Waals surface area contributed by atoms with E-state index in [1.54, 1.807) is 0 Å². The van der Waals surface area contributed by atoms with Gasteiger partial charge in [-0.1, -0.05) is 24.0 Å². The first-order chi connectivity index (χ1) is 10.1. The molecule has 11 heteroatoms. The summed E-state index contributed by atoms with van der Waals surface area (Å²) in [6, 6.07) is 0.